The van der Waals surface area contributed by atoms with Gasteiger partial charge in [-0.1, -0.05) is 60.7 Å². The summed E-state index contributed by atoms with van der Waals surface area (Å²) in [6, 6.07) is 24.6. The summed E-state index contributed by atoms with van der Waals surface area (Å²) in [5.74, 6) is 2.49. The van der Waals surface area contributed by atoms with Crippen LogP contribution in [0.2, 0.25) is 0 Å². The maximum atomic E-state index is 5.45. The Balaban J connectivity index is 1.65. The maximum Gasteiger partial charge on any atom is 0.161 e. The molecule has 0 spiro atoms. The highest BCUT2D eigenvalue weighted by atomic mass is 16.5. The van der Waals surface area contributed by atoms with Crippen molar-refractivity contribution in [2.45, 2.75) is 13.0 Å². The van der Waals surface area contributed by atoms with Gasteiger partial charge in [0.15, 0.2) is 11.5 Å². The summed E-state index contributed by atoms with van der Waals surface area (Å²) in [5.41, 5.74) is 4.47. The average Bonchev–Trinajstić information content (AvgIpc) is 3.11. The van der Waals surface area contributed by atoms with E-state index in [1.54, 1.807) is 14.2 Å². The number of para-hydroxylation sites is 2. The second-order valence-corrected chi connectivity index (χ2v) is 6.81. The van der Waals surface area contributed by atoms with Crippen LogP contribution in [0, 0.1) is 0 Å². The molecule has 29 heavy (non-hydrogen) atoms. The van der Waals surface area contributed by atoms with Crippen molar-refractivity contribution in [1.82, 2.24) is 9.55 Å². The first-order chi connectivity index (χ1) is 14.3. The van der Waals surface area contributed by atoms with Gasteiger partial charge in [0.25, 0.3) is 0 Å². The van der Waals surface area contributed by atoms with Crippen LogP contribution < -0.4 is 9.47 Å². The van der Waals surface area contributed by atoms with E-state index in [1.807, 2.05) is 24.3 Å². The molecule has 0 saturated carbocycles. The molecule has 0 aliphatic carbocycles. The summed E-state index contributed by atoms with van der Waals surface area (Å²) in [6.07, 6.45) is 5.05. The fourth-order valence-corrected chi connectivity index (χ4v) is 3.50. The van der Waals surface area contributed by atoms with E-state index in [0.29, 0.717) is 6.42 Å². The predicted octanol–water partition coefficient (Wildman–Crippen LogP) is 5.36. The first-order valence-corrected chi connectivity index (χ1v) is 9.65. The van der Waals surface area contributed by atoms with Gasteiger partial charge < -0.3 is 14.0 Å². The Kier molecular flexibility index (Phi) is 5.61. The van der Waals surface area contributed by atoms with Crippen molar-refractivity contribution in [2.24, 2.45) is 0 Å². The van der Waals surface area contributed by atoms with Gasteiger partial charge in [-0.25, -0.2) is 4.98 Å². The van der Waals surface area contributed by atoms with E-state index in [2.05, 4.69) is 65.3 Å². The number of imidazole rings is 1. The second-order valence-electron chi connectivity index (χ2n) is 6.81. The van der Waals surface area contributed by atoms with E-state index < -0.39 is 0 Å². The average molecular weight is 384 g/mol. The number of aromatic nitrogens is 2. The van der Waals surface area contributed by atoms with Crippen LogP contribution in [0.3, 0.4) is 0 Å². The van der Waals surface area contributed by atoms with Gasteiger partial charge in [-0.05, 0) is 35.4 Å². The zero-order chi connectivity index (χ0) is 20.1. The lowest BCUT2D eigenvalue weighted by Gasteiger charge is -2.10. The van der Waals surface area contributed by atoms with Crippen molar-refractivity contribution in [3.8, 4) is 11.5 Å². The second kappa shape index (κ2) is 8.65. The van der Waals surface area contributed by atoms with Crippen LogP contribution in [0.25, 0.3) is 17.1 Å². The predicted molar refractivity (Wildman–Crippen MR) is 118 cm³/mol. The van der Waals surface area contributed by atoms with Gasteiger partial charge in [-0.3, -0.25) is 0 Å². The molecule has 0 aliphatic rings. The molecule has 0 unspecified atom stereocenters. The van der Waals surface area contributed by atoms with Crippen LogP contribution in [0.4, 0.5) is 0 Å². The quantitative estimate of drug-likeness (QED) is 0.430. The SMILES string of the molecule is COc1ccc(Cc2nc3ccccc3n2C/C=C/c2ccccc2)cc1OC. The Bertz CT molecular complexity index is 1130. The molecule has 0 saturated heterocycles. The molecule has 0 radical (unpaired) electrons. The molecule has 0 amide bonds. The van der Waals surface area contributed by atoms with Crippen molar-refractivity contribution in [1.29, 1.82) is 0 Å². The number of hydrogen-bond donors (Lipinski definition) is 0. The van der Waals surface area contributed by atoms with E-state index in [9.17, 15) is 0 Å². The monoisotopic (exact) mass is 384 g/mol. The minimum atomic E-state index is 0.716. The molecule has 3 aromatic carbocycles. The van der Waals surface area contributed by atoms with Crippen LogP contribution >= 0.6 is 0 Å². The number of benzene rings is 3. The molecule has 4 nitrogen and oxygen atoms in total. The molecular formula is C25H24N2O2. The molecule has 0 aliphatic heterocycles. The Morgan fingerprint density at radius 1 is 0.862 bits per heavy atom. The van der Waals surface area contributed by atoms with E-state index in [-0.39, 0.29) is 0 Å². The minimum Gasteiger partial charge on any atom is -0.493 e. The van der Waals surface area contributed by atoms with Gasteiger partial charge in [0.2, 0.25) is 0 Å². The third-order valence-corrected chi connectivity index (χ3v) is 4.94. The lowest BCUT2D eigenvalue weighted by molar-refractivity contribution is 0.354. The molecule has 0 fully saturated rings. The van der Waals surface area contributed by atoms with Crippen molar-refractivity contribution in [3.05, 3.63) is 95.8 Å². The number of fused-ring (bicyclic) bond motifs is 1. The largest absolute Gasteiger partial charge is 0.493 e. The zero-order valence-corrected chi connectivity index (χ0v) is 16.7. The molecule has 146 valence electrons. The van der Waals surface area contributed by atoms with Gasteiger partial charge >= 0.3 is 0 Å². The number of rotatable bonds is 7. The van der Waals surface area contributed by atoms with Crippen molar-refractivity contribution >= 4 is 17.1 Å². The van der Waals surface area contributed by atoms with E-state index in [1.165, 1.54) is 5.56 Å². The smallest absolute Gasteiger partial charge is 0.161 e. The summed E-state index contributed by atoms with van der Waals surface area (Å²) >= 11 is 0. The van der Waals surface area contributed by atoms with Gasteiger partial charge in [-0.15, -0.1) is 0 Å². The number of ether oxygens (including phenoxy) is 2. The zero-order valence-electron chi connectivity index (χ0n) is 16.7. The summed E-state index contributed by atoms with van der Waals surface area (Å²) in [6.45, 7) is 0.762. The lowest BCUT2D eigenvalue weighted by atomic mass is 10.1. The van der Waals surface area contributed by atoms with Gasteiger partial charge in [-0.2, -0.15) is 0 Å². The van der Waals surface area contributed by atoms with E-state index >= 15 is 0 Å². The Hall–Kier alpha value is -3.53. The van der Waals surface area contributed by atoms with Gasteiger partial charge in [0.05, 0.1) is 25.3 Å². The number of methoxy groups -OCH3 is 2. The molecular weight excluding hydrogens is 360 g/mol. The standard InChI is InChI=1S/C25H24N2O2/c1-28-23-15-14-20(17-24(23)29-2)18-25-26-21-12-6-7-13-22(21)27(25)16-8-11-19-9-4-3-5-10-19/h3-15,17H,16,18H2,1-2H3/b11-8+. The van der Waals surface area contributed by atoms with Crippen LogP contribution in [0.5, 0.6) is 11.5 Å². The molecule has 0 atom stereocenters. The number of nitrogens with zero attached hydrogens (tertiary/aromatic N) is 2. The molecule has 0 N–H and O–H groups in total. The fourth-order valence-electron chi connectivity index (χ4n) is 3.50. The molecule has 4 rings (SSSR count). The van der Waals surface area contributed by atoms with Gasteiger partial charge in [0.1, 0.15) is 5.82 Å². The topological polar surface area (TPSA) is 36.3 Å². The van der Waals surface area contributed by atoms with Crippen molar-refractivity contribution < 1.29 is 9.47 Å². The first kappa shape index (κ1) is 18.8. The first-order valence-electron chi connectivity index (χ1n) is 9.65. The van der Waals surface area contributed by atoms with Crippen LogP contribution in [-0.4, -0.2) is 23.8 Å². The summed E-state index contributed by atoms with van der Waals surface area (Å²) in [4.78, 5) is 4.89. The minimum absolute atomic E-state index is 0.716. The van der Waals surface area contributed by atoms with Crippen LogP contribution in [0.15, 0.2) is 78.9 Å². The Labute approximate surface area is 171 Å². The normalized spacial score (nSPS) is 11.2. The fraction of sp³-hybridized carbons (Fsp3) is 0.160. The van der Waals surface area contributed by atoms with Gasteiger partial charge in [0, 0.05) is 13.0 Å². The number of hydrogen-bond acceptors (Lipinski definition) is 3. The summed E-state index contributed by atoms with van der Waals surface area (Å²) < 4.78 is 13.1. The number of allylic oxidation sites excluding steroid dienone is 1. The van der Waals surface area contributed by atoms with Crippen LogP contribution in [-0.2, 0) is 13.0 Å². The maximum absolute atomic E-state index is 5.45. The van der Waals surface area contributed by atoms with Crippen molar-refractivity contribution in [2.75, 3.05) is 14.2 Å². The van der Waals surface area contributed by atoms with Crippen LogP contribution in [0.1, 0.15) is 17.0 Å². The molecule has 0 bridgehead atoms. The van der Waals surface area contributed by atoms with E-state index in [4.69, 9.17) is 14.5 Å². The molecule has 1 aromatic heterocycles. The third kappa shape index (κ3) is 4.16. The summed E-state index contributed by atoms with van der Waals surface area (Å²) in [7, 11) is 3.31. The molecule has 4 heteroatoms. The van der Waals surface area contributed by atoms with Crippen molar-refractivity contribution in [3.63, 3.8) is 0 Å². The summed E-state index contributed by atoms with van der Waals surface area (Å²) in [5, 5.41) is 0. The lowest BCUT2D eigenvalue weighted by Crippen LogP contribution is -2.04. The van der Waals surface area contributed by atoms with E-state index in [0.717, 1.165) is 40.5 Å². The third-order valence-electron chi connectivity index (χ3n) is 4.94. The highest BCUT2D eigenvalue weighted by Crippen LogP contribution is 2.29. The molecule has 4 aromatic rings. The Morgan fingerprint density at radius 3 is 2.41 bits per heavy atom. The Morgan fingerprint density at radius 2 is 1.62 bits per heavy atom. The highest BCUT2D eigenvalue weighted by Gasteiger charge is 2.12. The molecule has 1 heterocycles. The highest BCUT2D eigenvalue weighted by molar-refractivity contribution is 5.76.